The molecule has 2 aromatic carbocycles. The Kier molecular flexibility index (Phi) is 7.29. The molecule has 2 aromatic heterocycles. The molecule has 0 spiro atoms. The van der Waals surface area contributed by atoms with Crippen molar-refractivity contribution >= 4 is 46.6 Å². The molecule has 5 rings (SSSR count). The van der Waals surface area contributed by atoms with Crippen LogP contribution < -0.4 is 19.6 Å². The van der Waals surface area contributed by atoms with E-state index < -0.39 is 12.0 Å². The van der Waals surface area contributed by atoms with E-state index >= 15 is 0 Å². The first-order valence-corrected chi connectivity index (χ1v) is 13.3. The van der Waals surface area contributed by atoms with Gasteiger partial charge in [0.15, 0.2) is 4.80 Å². The lowest BCUT2D eigenvalue weighted by Gasteiger charge is -2.22. The number of benzene rings is 2. The van der Waals surface area contributed by atoms with Gasteiger partial charge in [0.1, 0.15) is 23.3 Å². The monoisotopic (exact) mass is 568 g/mol. The van der Waals surface area contributed by atoms with Gasteiger partial charge in [-0.25, -0.2) is 9.79 Å². The third-order valence-electron chi connectivity index (χ3n) is 6.01. The SMILES string of the molecule is CCOC(=O)C1=C(C)N=c2s/c(=C\c3cccc(OC)c3)c(=O)n2[C@@H]1c1ccc(-c2ccc(Cl)c(Cl)c2)o1. The van der Waals surface area contributed by atoms with Gasteiger partial charge in [0, 0.05) is 5.56 Å². The van der Waals surface area contributed by atoms with Crippen LogP contribution in [0.1, 0.15) is 31.2 Å². The highest BCUT2D eigenvalue weighted by Crippen LogP contribution is 2.35. The molecular formula is C28H22Cl2N2O5S. The Hall–Kier alpha value is -3.59. The number of fused-ring (bicyclic) bond motifs is 1. The van der Waals surface area contributed by atoms with Crippen molar-refractivity contribution in [2.24, 2.45) is 4.99 Å². The van der Waals surface area contributed by atoms with Gasteiger partial charge in [-0.1, -0.05) is 46.7 Å². The van der Waals surface area contributed by atoms with E-state index in [4.69, 9.17) is 37.1 Å². The quantitative estimate of drug-likeness (QED) is 0.292. The maximum absolute atomic E-state index is 13.8. The number of hydrogen-bond donors (Lipinski definition) is 0. The average molecular weight is 569 g/mol. The zero-order valence-corrected chi connectivity index (χ0v) is 23.0. The first kappa shape index (κ1) is 26.0. The highest BCUT2D eigenvalue weighted by atomic mass is 35.5. The zero-order chi connectivity index (χ0) is 27.0. The molecule has 7 nitrogen and oxygen atoms in total. The highest BCUT2D eigenvalue weighted by molar-refractivity contribution is 7.07. The number of thiazole rings is 1. The van der Waals surface area contributed by atoms with E-state index in [-0.39, 0.29) is 17.7 Å². The number of aromatic nitrogens is 1. The molecule has 0 aliphatic carbocycles. The van der Waals surface area contributed by atoms with E-state index in [1.165, 1.54) is 15.9 Å². The van der Waals surface area contributed by atoms with Crippen LogP contribution in [-0.4, -0.2) is 24.3 Å². The summed E-state index contributed by atoms with van der Waals surface area (Å²) in [6, 6.07) is 15.2. The van der Waals surface area contributed by atoms with Crippen LogP contribution in [0, 0.1) is 0 Å². The second kappa shape index (κ2) is 10.6. The first-order chi connectivity index (χ1) is 18.3. The Morgan fingerprint density at radius 1 is 1.16 bits per heavy atom. The van der Waals surface area contributed by atoms with Crippen LogP contribution in [0.5, 0.6) is 5.75 Å². The summed E-state index contributed by atoms with van der Waals surface area (Å²) in [5.74, 6) is 1.01. The Balaban J connectivity index is 1.68. The molecule has 0 radical (unpaired) electrons. The number of rotatable bonds is 6. The minimum Gasteiger partial charge on any atom is -0.497 e. The second-order valence-corrected chi connectivity index (χ2v) is 10.2. The van der Waals surface area contributed by atoms with Crippen LogP contribution in [0.15, 0.2) is 80.1 Å². The molecule has 0 amide bonds. The maximum Gasteiger partial charge on any atom is 0.338 e. The summed E-state index contributed by atoms with van der Waals surface area (Å²) in [5, 5.41) is 0.809. The molecule has 1 aliphatic heterocycles. The van der Waals surface area contributed by atoms with Crippen LogP contribution in [0.25, 0.3) is 17.4 Å². The summed E-state index contributed by atoms with van der Waals surface area (Å²) in [4.78, 5) is 31.9. The molecule has 0 bridgehead atoms. The van der Waals surface area contributed by atoms with Crippen LogP contribution in [-0.2, 0) is 9.53 Å². The average Bonchev–Trinajstić information content (AvgIpc) is 3.50. The topological polar surface area (TPSA) is 83.0 Å². The molecule has 1 atom stereocenters. The number of halogens is 2. The lowest BCUT2D eigenvalue weighted by Crippen LogP contribution is -2.39. The molecule has 0 saturated carbocycles. The number of allylic oxidation sites excluding steroid dienone is 1. The van der Waals surface area contributed by atoms with Gasteiger partial charge in [-0.05, 0) is 68.0 Å². The molecule has 38 heavy (non-hydrogen) atoms. The van der Waals surface area contributed by atoms with Crippen molar-refractivity contribution in [3.63, 3.8) is 0 Å². The van der Waals surface area contributed by atoms with Crippen LogP contribution in [0.3, 0.4) is 0 Å². The van der Waals surface area contributed by atoms with Crippen LogP contribution in [0.2, 0.25) is 10.0 Å². The number of hydrogen-bond acceptors (Lipinski definition) is 7. The Morgan fingerprint density at radius 2 is 1.97 bits per heavy atom. The van der Waals surface area contributed by atoms with Gasteiger partial charge in [0.05, 0.1) is 39.6 Å². The van der Waals surface area contributed by atoms with E-state index in [0.29, 0.717) is 47.9 Å². The molecule has 3 heterocycles. The molecule has 10 heteroatoms. The fourth-order valence-corrected chi connectivity index (χ4v) is 5.59. The number of nitrogens with zero attached hydrogens (tertiary/aromatic N) is 2. The predicted molar refractivity (Wildman–Crippen MR) is 148 cm³/mol. The van der Waals surface area contributed by atoms with Crippen molar-refractivity contribution in [1.82, 2.24) is 4.57 Å². The van der Waals surface area contributed by atoms with Crippen molar-refractivity contribution in [1.29, 1.82) is 0 Å². The number of methoxy groups -OCH3 is 1. The van der Waals surface area contributed by atoms with Crippen molar-refractivity contribution < 1.29 is 18.7 Å². The van der Waals surface area contributed by atoms with E-state index in [1.807, 2.05) is 24.3 Å². The first-order valence-electron chi connectivity index (χ1n) is 11.7. The minimum absolute atomic E-state index is 0.176. The number of carbonyl (C=O) groups excluding carboxylic acids is 1. The van der Waals surface area contributed by atoms with Crippen molar-refractivity contribution in [3.05, 3.63) is 107 Å². The fraction of sp³-hybridized carbons (Fsp3) is 0.179. The van der Waals surface area contributed by atoms with Crippen molar-refractivity contribution in [3.8, 4) is 17.1 Å². The van der Waals surface area contributed by atoms with E-state index in [9.17, 15) is 9.59 Å². The van der Waals surface area contributed by atoms with Gasteiger partial charge >= 0.3 is 5.97 Å². The largest absolute Gasteiger partial charge is 0.497 e. The van der Waals surface area contributed by atoms with Crippen molar-refractivity contribution in [2.75, 3.05) is 13.7 Å². The molecule has 4 aromatic rings. The van der Waals surface area contributed by atoms with Gasteiger partial charge < -0.3 is 13.9 Å². The molecule has 1 aliphatic rings. The summed E-state index contributed by atoms with van der Waals surface area (Å²) in [6.07, 6.45) is 1.77. The predicted octanol–water partition coefficient (Wildman–Crippen LogP) is 5.37. The Labute approximate surface area is 231 Å². The summed E-state index contributed by atoms with van der Waals surface area (Å²) >= 11 is 13.5. The van der Waals surface area contributed by atoms with E-state index in [0.717, 1.165) is 5.56 Å². The highest BCUT2D eigenvalue weighted by Gasteiger charge is 2.35. The van der Waals surface area contributed by atoms with Crippen molar-refractivity contribution in [2.45, 2.75) is 19.9 Å². The number of carbonyl (C=O) groups is 1. The van der Waals surface area contributed by atoms with Gasteiger partial charge in [-0.15, -0.1) is 0 Å². The summed E-state index contributed by atoms with van der Waals surface area (Å²) in [7, 11) is 1.59. The fourth-order valence-electron chi connectivity index (χ4n) is 4.25. The zero-order valence-electron chi connectivity index (χ0n) is 20.7. The summed E-state index contributed by atoms with van der Waals surface area (Å²) < 4.78 is 18.8. The van der Waals surface area contributed by atoms with Gasteiger partial charge in [0.25, 0.3) is 5.56 Å². The summed E-state index contributed by atoms with van der Waals surface area (Å²) in [6.45, 7) is 3.62. The molecule has 0 N–H and O–H groups in total. The summed E-state index contributed by atoms with van der Waals surface area (Å²) in [5.41, 5.74) is 1.89. The maximum atomic E-state index is 13.8. The molecule has 0 unspecified atom stereocenters. The van der Waals surface area contributed by atoms with Gasteiger partial charge in [0.2, 0.25) is 0 Å². The Bertz CT molecular complexity index is 1770. The van der Waals surface area contributed by atoms with Gasteiger partial charge in [-0.3, -0.25) is 9.36 Å². The second-order valence-electron chi connectivity index (χ2n) is 8.41. The Morgan fingerprint density at radius 3 is 2.71 bits per heavy atom. The standard InChI is InChI=1S/C28H22Cl2N2O5S/c1-4-36-27(34)24-15(2)31-28-32(26(33)23(38-28)13-16-6-5-7-18(12-16)35-3)25(24)22-11-10-21(37-22)17-8-9-19(29)20(30)14-17/h5-14,25H,4H2,1-3H3/b23-13-/t25-/m1/s1. The molecule has 0 saturated heterocycles. The van der Waals surface area contributed by atoms with Crippen LogP contribution in [0.4, 0.5) is 0 Å². The van der Waals surface area contributed by atoms with E-state index in [2.05, 4.69) is 4.99 Å². The third-order valence-corrected chi connectivity index (χ3v) is 7.73. The normalized spacial score (nSPS) is 15.3. The molecular weight excluding hydrogens is 547 g/mol. The number of esters is 1. The minimum atomic E-state index is -0.866. The van der Waals surface area contributed by atoms with Crippen LogP contribution >= 0.6 is 34.5 Å². The smallest absolute Gasteiger partial charge is 0.338 e. The molecule has 0 fully saturated rings. The third kappa shape index (κ3) is 4.82. The molecule has 194 valence electrons. The number of ether oxygens (including phenoxy) is 2. The lowest BCUT2D eigenvalue weighted by atomic mass is 10.0. The lowest BCUT2D eigenvalue weighted by molar-refractivity contribution is -0.139. The van der Waals surface area contributed by atoms with E-state index in [1.54, 1.807) is 57.4 Å². The van der Waals surface area contributed by atoms with Gasteiger partial charge in [-0.2, -0.15) is 0 Å². The number of furan rings is 1.